The lowest BCUT2D eigenvalue weighted by Crippen LogP contribution is -2.29. The number of nitrogens with zero attached hydrogens (tertiary/aromatic N) is 1. The molecule has 2 heterocycles. The van der Waals surface area contributed by atoms with Gasteiger partial charge in [-0.3, -0.25) is 14.5 Å². The summed E-state index contributed by atoms with van der Waals surface area (Å²) in [5.74, 6) is -0.428. The van der Waals surface area contributed by atoms with Crippen molar-refractivity contribution >= 4 is 34.0 Å². The number of amides is 1. The molecule has 0 saturated carbocycles. The molecule has 7 heteroatoms. The number of H-pyrrole nitrogens is 1. The summed E-state index contributed by atoms with van der Waals surface area (Å²) in [6.07, 6.45) is 1.65. The highest BCUT2D eigenvalue weighted by molar-refractivity contribution is 6.51. The molecule has 1 fully saturated rings. The first-order chi connectivity index (χ1) is 17.5. The summed E-state index contributed by atoms with van der Waals surface area (Å²) >= 11 is 0. The maximum absolute atomic E-state index is 13.5. The number of anilines is 1. The summed E-state index contributed by atoms with van der Waals surface area (Å²) in [7, 11) is 0. The van der Waals surface area contributed by atoms with Crippen molar-refractivity contribution in [2.24, 2.45) is 0 Å². The maximum atomic E-state index is 13.5. The number of benzene rings is 3. The van der Waals surface area contributed by atoms with Gasteiger partial charge in [0.25, 0.3) is 11.7 Å². The van der Waals surface area contributed by atoms with Crippen LogP contribution in [0.5, 0.6) is 11.5 Å². The van der Waals surface area contributed by atoms with Gasteiger partial charge in [-0.25, -0.2) is 0 Å². The molecule has 2 N–H and O–H groups in total. The first-order valence-electron chi connectivity index (χ1n) is 11.9. The molecule has 1 aromatic heterocycles. The topological polar surface area (TPSA) is 91.9 Å². The van der Waals surface area contributed by atoms with E-state index in [1.165, 1.54) is 4.90 Å². The third-order valence-electron chi connectivity index (χ3n) is 6.20. The standard InChI is InChI=1S/C29H26N2O5/c1-3-35-20-14-12-19(13-15-20)31-26(18-8-7-9-21(16-18)36-4-2)25(28(33)29(31)34)27(32)23-17-30-24-11-6-5-10-22(23)24/h5-17,26,30,32H,3-4H2,1-2H3/b27-25-. The molecular weight excluding hydrogens is 456 g/mol. The van der Waals surface area contributed by atoms with Gasteiger partial charge in [-0.2, -0.15) is 0 Å². The molecule has 1 amide bonds. The third kappa shape index (κ3) is 3.98. The molecule has 3 aromatic carbocycles. The monoisotopic (exact) mass is 482 g/mol. The normalized spacial score (nSPS) is 17.1. The van der Waals surface area contributed by atoms with E-state index in [0.717, 1.165) is 10.9 Å². The van der Waals surface area contributed by atoms with Gasteiger partial charge in [0, 0.05) is 28.4 Å². The zero-order chi connectivity index (χ0) is 25.2. The number of aromatic nitrogens is 1. The minimum atomic E-state index is -0.850. The van der Waals surface area contributed by atoms with Gasteiger partial charge >= 0.3 is 0 Å². The van der Waals surface area contributed by atoms with Gasteiger partial charge in [0.2, 0.25) is 0 Å². The largest absolute Gasteiger partial charge is 0.507 e. The second-order valence-corrected chi connectivity index (χ2v) is 8.35. The molecule has 0 bridgehead atoms. The van der Waals surface area contributed by atoms with Crippen molar-refractivity contribution in [1.82, 2.24) is 4.98 Å². The summed E-state index contributed by atoms with van der Waals surface area (Å²) in [4.78, 5) is 31.4. The number of carbonyl (C=O) groups is 2. The van der Waals surface area contributed by atoms with Gasteiger partial charge < -0.3 is 19.6 Å². The van der Waals surface area contributed by atoms with E-state index in [4.69, 9.17) is 9.47 Å². The number of aliphatic hydroxyl groups is 1. The summed E-state index contributed by atoms with van der Waals surface area (Å²) in [5.41, 5.74) is 2.46. The van der Waals surface area contributed by atoms with Crippen molar-refractivity contribution in [3.05, 3.63) is 95.7 Å². The molecule has 0 radical (unpaired) electrons. The molecule has 4 aromatic rings. The molecule has 7 nitrogen and oxygen atoms in total. The van der Waals surface area contributed by atoms with Crippen LogP contribution >= 0.6 is 0 Å². The van der Waals surface area contributed by atoms with Gasteiger partial charge in [0.1, 0.15) is 17.3 Å². The summed E-state index contributed by atoms with van der Waals surface area (Å²) in [6.45, 7) is 4.76. The van der Waals surface area contributed by atoms with Crippen LogP contribution in [0, 0.1) is 0 Å². The first-order valence-corrected chi connectivity index (χ1v) is 11.9. The van der Waals surface area contributed by atoms with Crippen molar-refractivity contribution in [1.29, 1.82) is 0 Å². The molecule has 0 spiro atoms. The van der Waals surface area contributed by atoms with Crippen LogP contribution in [0.25, 0.3) is 16.7 Å². The predicted octanol–water partition coefficient (Wildman–Crippen LogP) is 5.59. The molecular formula is C29H26N2O5. The highest BCUT2D eigenvalue weighted by atomic mass is 16.5. The second kappa shape index (κ2) is 9.62. The number of aliphatic hydroxyl groups excluding tert-OH is 1. The van der Waals surface area contributed by atoms with Crippen LogP contribution in [-0.4, -0.2) is 35.0 Å². The van der Waals surface area contributed by atoms with E-state index < -0.39 is 17.7 Å². The minimum absolute atomic E-state index is 0.0206. The molecule has 5 rings (SSSR count). The lowest BCUT2D eigenvalue weighted by atomic mass is 9.95. The SMILES string of the molecule is CCOc1ccc(N2C(=O)C(=O)/C(=C(\O)c3c[nH]c4ccccc34)C2c2cccc(OCC)c2)cc1. The molecule has 36 heavy (non-hydrogen) atoms. The van der Waals surface area contributed by atoms with E-state index >= 15 is 0 Å². The Balaban J connectivity index is 1.70. The minimum Gasteiger partial charge on any atom is -0.507 e. The van der Waals surface area contributed by atoms with E-state index in [1.54, 1.807) is 36.5 Å². The Kier molecular flexibility index (Phi) is 6.21. The second-order valence-electron chi connectivity index (χ2n) is 8.35. The first kappa shape index (κ1) is 23.2. The van der Waals surface area contributed by atoms with E-state index in [-0.39, 0.29) is 11.3 Å². The third-order valence-corrected chi connectivity index (χ3v) is 6.20. The zero-order valence-corrected chi connectivity index (χ0v) is 20.0. The number of para-hydroxylation sites is 1. The van der Waals surface area contributed by atoms with Gasteiger partial charge in [0.05, 0.1) is 24.8 Å². The van der Waals surface area contributed by atoms with Crippen LogP contribution in [0.4, 0.5) is 5.69 Å². The summed E-state index contributed by atoms with van der Waals surface area (Å²) in [6, 6.07) is 20.9. The fourth-order valence-corrected chi connectivity index (χ4v) is 4.64. The van der Waals surface area contributed by atoms with Crippen LogP contribution in [-0.2, 0) is 9.59 Å². The van der Waals surface area contributed by atoms with Crippen molar-refractivity contribution in [2.45, 2.75) is 19.9 Å². The highest BCUT2D eigenvalue weighted by Gasteiger charge is 2.47. The smallest absolute Gasteiger partial charge is 0.300 e. The van der Waals surface area contributed by atoms with Crippen LogP contribution in [0.15, 0.2) is 84.6 Å². The van der Waals surface area contributed by atoms with Crippen molar-refractivity contribution in [3.8, 4) is 11.5 Å². The van der Waals surface area contributed by atoms with Crippen LogP contribution in [0.1, 0.15) is 31.0 Å². The Labute approximate surface area is 208 Å². The Morgan fingerprint density at radius 2 is 1.64 bits per heavy atom. The molecule has 1 saturated heterocycles. The van der Waals surface area contributed by atoms with E-state index in [9.17, 15) is 14.7 Å². The van der Waals surface area contributed by atoms with Crippen molar-refractivity contribution in [3.63, 3.8) is 0 Å². The van der Waals surface area contributed by atoms with Gasteiger partial charge in [-0.15, -0.1) is 0 Å². The number of rotatable bonds is 7. The predicted molar refractivity (Wildman–Crippen MR) is 138 cm³/mol. The number of hydrogen-bond acceptors (Lipinski definition) is 5. The Morgan fingerprint density at radius 3 is 2.39 bits per heavy atom. The zero-order valence-electron chi connectivity index (χ0n) is 20.0. The lowest BCUT2D eigenvalue weighted by Gasteiger charge is -2.26. The molecule has 0 aliphatic carbocycles. The van der Waals surface area contributed by atoms with Crippen LogP contribution in [0.3, 0.4) is 0 Å². The van der Waals surface area contributed by atoms with Gasteiger partial charge in [0.15, 0.2) is 0 Å². The Morgan fingerprint density at radius 1 is 0.917 bits per heavy atom. The van der Waals surface area contributed by atoms with E-state index in [0.29, 0.717) is 41.5 Å². The molecule has 182 valence electrons. The van der Waals surface area contributed by atoms with Crippen LogP contribution < -0.4 is 14.4 Å². The number of carbonyl (C=O) groups excluding carboxylic acids is 2. The number of fused-ring (bicyclic) bond motifs is 1. The molecule has 1 atom stereocenters. The van der Waals surface area contributed by atoms with Crippen molar-refractivity contribution < 1.29 is 24.2 Å². The number of ether oxygens (including phenoxy) is 2. The van der Waals surface area contributed by atoms with Gasteiger partial charge in [-0.05, 0) is 61.9 Å². The average molecular weight is 483 g/mol. The van der Waals surface area contributed by atoms with Crippen molar-refractivity contribution in [2.75, 3.05) is 18.1 Å². The number of nitrogens with one attached hydrogen (secondary N) is 1. The number of aromatic amines is 1. The number of ketones is 1. The highest BCUT2D eigenvalue weighted by Crippen LogP contribution is 2.43. The van der Waals surface area contributed by atoms with E-state index in [1.807, 2.05) is 56.3 Å². The summed E-state index contributed by atoms with van der Waals surface area (Å²) in [5, 5.41) is 12.2. The van der Waals surface area contributed by atoms with E-state index in [2.05, 4.69) is 4.98 Å². The average Bonchev–Trinajstić information content (AvgIpc) is 3.44. The number of Topliss-reactive ketones (excluding diaryl/α,β-unsaturated/α-hetero) is 1. The molecule has 1 aliphatic rings. The Hall–Kier alpha value is -4.52. The molecule has 1 aliphatic heterocycles. The summed E-state index contributed by atoms with van der Waals surface area (Å²) < 4.78 is 11.2. The fraction of sp³-hybridized carbons (Fsp3) is 0.172. The fourth-order valence-electron chi connectivity index (χ4n) is 4.64. The maximum Gasteiger partial charge on any atom is 0.300 e. The quantitative estimate of drug-likeness (QED) is 0.203. The molecule has 1 unspecified atom stereocenters. The van der Waals surface area contributed by atoms with Crippen LogP contribution in [0.2, 0.25) is 0 Å². The Bertz CT molecular complexity index is 1470. The van der Waals surface area contributed by atoms with Gasteiger partial charge in [-0.1, -0.05) is 30.3 Å². The lowest BCUT2D eigenvalue weighted by molar-refractivity contribution is -0.132. The number of hydrogen-bond donors (Lipinski definition) is 2.